The quantitative estimate of drug-likeness (QED) is 0.497. The lowest BCUT2D eigenvalue weighted by Gasteiger charge is -2.35. The minimum absolute atomic E-state index is 0.488. The Morgan fingerprint density at radius 3 is 2.53 bits per heavy atom. The average Bonchev–Trinajstić information content (AvgIpc) is 2.39. The fraction of sp³-hybridized carbons (Fsp3) is 0.571. The van der Waals surface area contributed by atoms with Gasteiger partial charge in [-0.15, -0.1) is 11.8 Å². The van der Waals surface area contributed by atoms with Gasteiger partial charge in [-0.3, -0.25) is 0 Å². The summed E-state index contributed by atoms with van der Waals surface area (Å²) in [5, 5.41) is 2.01. The van der Waals surface area contributed by atoms with Crippen LogP contribution in [0, 0.1) is 5.41 Å². The molecule has 1 aliphatic rings. The van der Waals surface area contributed by atoms with Crippen LogP contribution in [0.25, 0.3) is 0 Å². The lowest BCUT2D eigenvalue weighted by molar-refractivity contribution is 0.260. The molecule has 0 bridgehead atoms. The van der Waals surface area contributed by atoms with Gasteiger partial charge < -0.3 is 0 Å². The molecule has 0 N–H and O–H groups in total. The maximum absolute atomic E-state index is 6.20. The van der Waals surface area contributed by atoms with E-state index < -0.39 is 0 Å². The molecule has 0 amide bonds. The molecule has 0 saturated heterocycles. The summed E-state index contributed by atoms with van der Waals surface area (Å²) in [7, 11) is 0. The number of halogens is 2. The van der Waals surface area contributed by atoms with Crippen molar-refractivity contribution >= 4 is 39.3 Å². The Hall–Kier alpha value is 0.340. The van der Waals surface area contributed by atoms with Gasteiger partial charge in [0.05, 0.1) is 5.02 Å². The largest absolute Gasteiger partial charge is 0.124 e. The van der Waals surface area contributed by atoms with E-state index in [2.05, 4.69) is 28.1 Å². The molecule has 0 heterocycles. The Kier molecular flexibility index (Phi) is 5.25. The van der Waals surface area contributed by atoms with Crippen LogP contribution < -0.4 is 0 Å². The highest BCUT2D eigenvalue weighted by molar-refractivity contribution is 9.09. The molecule has 0 spiro atoms. The lowest BCUT2D eigenvalue weighted by atomic mass is 9.77. The van der Waals surface area contributed by atoms with E-state index in [9.17, 15) is 0 Å². The minimum Gasteiger partial charge on any atom is -0.124 e. The molecule has 0 nitrogen and oxygen atoms in total. The van der Waals surface area contributed by atoms with Gasteiger partial charge in [-0.1, -0.05) is 58.9 Å². The summed E-state index contributed by atoms with van der Waals surface area (Å²) < 4.78 is 0. The van der Waals surface area contributed by atoms with E-state index in [1.165, 1.54) is 42.8 Å². The third kappa shape index (κ3) is 3.65. The van der Waals surface area contributed by atoms with E-state index in [1.54, 1.807) is 0 Å². The van der Waals surface area contributed by atoms with Crippen LogP contribution in [0.15, 0.2) is 29.2 Å². The first-order valence-corrected chi connectivity index (χ1v) is 8.68. The molecule has 0 aromatic heterocycles. The summed E-state index contributed by atoms with van der Waals surface area (Å²) in [6, 6.07) is 8.16. The van der Waals surface area contributed by atoms with Crippen molar-refractivity contribution in [3.8, 4) is 0 Å². The normalized spacial score (nSPS) is 19.2. The first-order chi connectivity index (χ1) is 8.26. The Balaban J connectivity index is 1.98. The topological polar surface area (TPSA) is 0 Å². The first kappa shape index (κ1) is 13.8. The monoisotopic (exact) mass is 332 g/mol. The zero-order valence-electron chi connectivity index (χ0n) is 9.92. The predicted molar refractivity (Wildman–Crippen MR) is 81.5 cm³/mol. The molecule has 1 aromatic rings. The van der Waals surface area contributed by atoms with Crippen LogP contribution in [0.1, 0.15) is 32.1 Å². The Morgan fingerprint density at radius 1 is 1.18 bits per heavy atom. The number of hydrogen-bond donors (Lipinski definition) is 0. The van der Waals surface area contributed by atoms with E-state index in [0.717, 1.165) is 10.4 Å². The van der Waals surface area contributed by atoms with E-state index in [4.69, 9.17) is 11.6 Å². The highest BCUT2D eigenvalue weighted by atomic mass is 79.9. The van der Waals surface area contributed by atoms with Gasteiger partial charge in [0.15, 0.2) is 0 Å². The molecular formula is C14H18BrClS. The molecule has 2 rings (SSSR count). The third-order valence-electron chi connectivity index (χ3n) is 3.57. The molecule has 0 unspecified atom stereocenters. The van der Waals surface area contributed by atoms with Gasteiger partial charge in [-0.2, -0.15) is 0 Å². The molecule has 0 atom stereocenters. The molecule has 1 fully saturated rings. The van der Waals surface area contributed by atoms with Crippen LogP contribution in [0.2, 0.25) is 5.02 Å². The van der Waals surface area contributed by atoms with E-state index in [-0.39, 0.29) is 0 Å². The Labute approximate surface area is 122 Å². The summed E-state index contributed by atoms with van der Waals surface area (Å²) in [5.41, 5.74) is 0.488. The number of alkyl halides is 1. The summed E-state index contributed by atoms with van der Waals surface area (Å²) in [6.45, 7) is 0. The van der Waals surface area contributed by atoms with Crippen molar-refractivity contribution < 1.29 is 0 Å². The zero-order chi connectivity index (χ0) is 12.1. The molecule has 1 aliphatic carbocycles. The molecular weight excluding hydrogens is 316 g/mol. The second-order valence-electron chi connectivity index (χ2n) is 4.91. The summed E-state index contributed by atoms with van der Waals surface area (Å²) >= 11 is 11.8. The van der Waals surface area contributed by atoms with Crippen LogP contribution in [0.5, 0.6) is 0 Å². The van der Waals surface area contributed by atoms with Gasteiger partial charge in [0.1, 0.15) is 0 Å². The van der Waals surface area contributed by atoms with Crippen LogP contribution in [0.4, 0.5) is 0 Å². The molecule has 94 valence electrons. The highest BCUT2D eigenvalue weighted by Crippen LogP contribution is 2.42. The maximum atomic E-state index is 6.20. The van der Waals surface area contributed by atoms with Crippen LogP contribution in [-0.2, 0) is 0 Å². The molecule has 3 heteroatoms. The fourth-order valence-electron chi connectivity index (χ4n) is 2.41. The number of hydrogen-bond acceptors (Lipinski definition) is 1. The molecule has 17 heavy (non-hydrogen) atoms. The zero-order valence-corrected chi connectivity index (χ0v) is 13.1. The van der Waals surface area contributed by atoms with E-state index >= 15 is 0 Å². The maximum Gasteiger partial charge on any atom is 0.0541 e. The number of benzene rings is 1. The van der Waals surface area contributed by atoms with Gasteiger partial charge >= 0.3 is 0 Å². The summed E-state index contributed by atoms with van der Waals surface area (Å²) in [5.74, 6) is 1.18. The van der Waals surface area contributed by atoms with Gasteiger partial charge in [-0.05, 0) is 30.4 Å². The van der Waals surface area contributed by atoms with Gasteiger partial charge in [0, 0.05) is 16.0 Å². The van der Waals surface area contributed by atoms with Crippen LogP contribution in [-0.4, -0.2) is 11.1 Å². The van der Waals surface area contributed by atoms with Gasteiger partial charge in [0.2, 0.25) is 0 Å². The lowest BCUT2D eigenvalue weighted by Crippen LogP contribution is -2.28. The van der Waals surface area contributed by atoms with Crippen molar-refractivity contribution in [3.05, 3.63) is 29.3 Å². The first-order valence-electron chi connectivity index (χ1n) is 6.19. The van der Waals surface area contributed by atoms with Crippen molar-refractivity contribution in [2.75, 3.05) is 11.1 Å². The van der Waals surface area contributed by atoms with Crippen molar-refractivity contribution in [3.63, 3.8) is 0 Å². The predicted octanol–water partition coefficient (Wildman–Crippen LogP) is 5.78. The Bertz CT molecular complexity index is 361. The van der Waals surface area contributed by atoms with Crippen LogP contribution >= 0.6 is 39.3 Å². The van der Waals surface area contributed by atoms with Crippen molar-refractivity contribution in [1.29, 1.82) is 0 Å². The minimum atomic E-state index is 0.488. The molecule has 1 aromatic carbocycles. The highest BCUT2D eigenvalue weighted by Gasteiger charge is 2.31. The third-order valence-corrected chi connectivity index (χ3v) is 6.62. The summed E-state index contributed by atoms with van der Waals surface area (Å²) in [6.07, 6.45) is 6.89. The van der Waals surface area contributed by atoms with E-state index in [0.29, 0.717) is 5.41 Å². The molecule has 0 radical (unpaired) electrons. The number of thioether (sulfide) groups is 1. The molecule has 1 saturated carbocycles. The molecule has 0 aliphatic heterocycles. The van der Waals surface area contributed by atoms with E-state index in [1.807, 2.05) is 23.9 Å². The Morgan fingerprint density at radius 2 is 1.88 bits per heavy atom. The number of rotatable bonds is 4. The van der Waals surface area contributed by atoms with Crippen molar-refractivity contribution in [2.24, 2.45) is 5.41 Å². The summed E-state index contributed by atoms with van der Waals surface area (Å²) in [4.78, 5) is 1.22. The SMILES string of the molecule is Clc1ccccc1SCC1(CBr)CCCCC1. The second-order valence-corrected chi connectivity index (χ2v) is 6.90. The second kappa shape index (κ2) is 6.49. The van der Waals surface area contributed by atoms with Gasteiger partial charge in [-0.25, -0.2) is 0 Å². The van der Waals surface area contributed by atoms with Crippen LogP contribution in [0.3, 0.4) is 0 Å². The van der Waals surface area contributed by atoms with Crippen molar-refractivity contribution in [1.82, 2.24) is 0 Å². The standard InChI is InChI=1S/C14H18BrClS/c15-10-14(8-4-1-5-9-14)11-17-13-7-3-2-6-12(13)16/h2-3,6-7H,1,4-5,8-11H2. The smallest absolute Gasteiger partial charge is 0.0541 e. The fourth-order valence-corrected chi connectivity index (χ4v) is 4.96. The van der Waals surface area contributed by atoms with Crippen molar-refractivity contribution in [2.45, 2.75) is 37.0 Å². The average molecular weight is 334 g/mol. The van der Waals surface area contributed by atoms with Gasteiger partial charge in [0.25, 0.3) is 0 Å².